The maximum absolute atomic E-state index is 12.6. The van der Waals surface area contributed by atoms with Gasteiger partial charge in [-0.15, -0.1) is 11.3 Å². The largest absolute Gasteiger partial charge is 0.377 e. The third-order valence-electron chi connectivity index (χ3n) is 5.54. The number of alkyl halides is 1. The van der Waals surface area contributed by atoms with Gasteiger partial charge in [0.25, 0.3) is 5.91 Å². The number of thiazole rings is 1. The molecular weight excluding hydrogens is 314 g/mol. The van der Waals surface area contributed by atoms with Gasteiger partial charge in [-0.2, -0.15) is 4.99 Å². The molecule has 1 aliphatic carbocycles. The Bertz CT molecular complexity index is 644. The SMILES string of the molecule is Cc1sc(=NC(=O)C2C(C)(C)C2(C)C)n(CCOCC[18F])c1C. The van der Waals surface area contributed by atoms with Crippen LogP contribution in [-0.4, -0.2) is 30.4 Å². The number of halogens is 1. The molecule has 1 fully saturated rings. The van der Waals surface area contributed by atoms with Gasteiger partial charge in [0.15, 0.2) is 4.80 Å². The molecule has 4 nitrogen and oxygen atoms in total. The van der Waals surface area contributed by atoms with Gasteiger partial charge in [0.2, 0.25) is 0 Å². The lowest BCUT2D eigenvalue weighted by atomic mass is 10.0. The first-order valence-electron chi connectivity index (χ1n) is 8.03. The molecule has 0 N–H and O–H groups in total. The van der Waals surface area contributed by atoms with Gasteiger partial charge in [-0.3, -0.25) is 4.79 Å². The van der Waals surface area contributed by atoms with E-state index in [4.69, 9.17) is 4.74 Å². The zero-order valence-electron chi connectivity index (χ0n) is 14.9. The molecule has 1 heterocycles. The maximum atomic E-state index is 12.6. The standard InChI is InChI=1S/C17H27FN2O2S/c1-11-12(2)23-15(20(11)8-10-22-9-7-18)19-14(21)13-16(3,4)17(13,5)6/h13H,7-10H2,1-6H3/i18-1. The van der Waals surface area contributed by atoms with Crippen LogP contribution in [0, 0.1) is 30.6 Å². The fraction of sp³-hybridized carbons (Fsp3) is 0.765. The average molecular weight is 341 g/mol. The van der Waals surface area contributed by atoms with E-state index in [-0.39, 0.29) is 29.3 Å². The Morgan fingerprint density at radius 2 is 1.87 bits per heavy atom. The van der Waals surface area contributed by atoms with E-state index in [0.29, 0.717) is 18.0 Å². The Balaban J connectivity index is 2.22. The topological polar surface area (TPSA) is 43.6 Å². The summed E-state index contributed by atoms with van der Waals surface area (Å²) in [5, 5.41) is 0. The van der Waals surface area contributed by atoms with Crippen LogP contribution in [0.1, 0.15) is 38.3 Å². The Morgan fingerprint density at radius 3 is 2.39 bits per heavy atom. The maximum Gasteiger partial charge on any atom is 0.252 e. The van der Waals surface area contributed by atoms with E-state index in [1.165, 1.54) is 11.3 Å². The zero-order chi connectivity index (χ0) is 17.4. The van der Waals surface area contributed by atoms with Gasteiger partial charge in [0.05, 0.1) is 19.1 Å². The molecule has 0 spiro atoms. The third kappa shape index (κ3) is 3.29. The summed E-state index contributed by atoms with van der Waals surface area (Å²) in [6.07, 6.45) is 0. The van der Waals surface area contributed by atoms with Gasteiger partial charge in [-0.1, -0.05) is 27.7 Å². The first-order chi connectivity index (χ1) is 10.6. The number of aryl methyl sites for hydroxylation is 1. The predicted molar refractivity (Wildman–Crippen MR) is 90.2 cm³/mol. The lowest BCUT2D eigenvalue weighted by Crippen LogP contribution is -2.22. The first kappa shape index (κ1) is 18.3. The van der Waals surface area contributed by atoms with E-state index in [1.54, 1.807) is 0 Å². The highest BCUT2D eigenvalue weighted by atomic mass is 32.1. The predicted octanol–water partition coefficient (Wildman–Crippen LogP) is 3.26. The van der Waals surface area contributed by atoms with Crippen molar-refractivity contribution in [1.29, 1.82) is 0 Å². The van der Waals surface area contributed by atoms with E-state index in [9.17, 15) is 9.18 Å². The lowest BCUT2D eigenvalue weighted by Gasteiger charge is -2.06. The van der Waals surface area contributed by atoms with Crippen LogP contribution in [0.5, 0.6) is 0 Å². The Morgan fingerprint density at radius 1 is 1.26 bits per heavy atom. The second-order valence-electron chi connectivity index (χ2n) is 7.31. The van der Waals surface area contributed by atoms with Crippen LogP contribution in [0.15, 0.2) is 4.99 Å². The van der Waals surface area contributed by atoms with Crippen LogP contribution in [0.4, 0.5) is 4.39 Å². The van der Waals surface area contributed by atoms with Crippen molar-refractivity contribution in [2.24, 2.45) is 21.7 Å². The number of nitrogens with zero attached hydrogens (tertiary/aromatic N) is 2. The van der Waals surface area contributed by atoms with Crippen molar-refractivity contribution >= 4 is 17.2 Å². The molecule has 2 rings (SSSR count). The number of ether oxygens (including phenoxy) is 1. The van der Waals surface area contributed by atoms with Crippen molar-refractivity contribution in [1.82, 2.24) is 4.57 Å². The van der Waals surface area contributed by atoms with Crippen molar-refractivity contribution in [2.75, 3.05) is 19.9 Å². The molecule has 1 aliphatic rings. The fourth-order valence-electron chi connectivity index (χ4n) is 3.23. The molecule has 1 aromatic heterocycles. The summed E-state index contributed by atoms with van der Waals surface area (Å²) in [5.41, 5.74) is 1.06. The summed E-state index contributed by atoms with van der Waals surface area (Å²) in [6.45, 7) is 13.1. The molecular formula is C17H27FN2O2S. The summed E-state index contributed by atoms with van der Waals surface area (Å²) in [7, 11) is 0. The van der Waals surface area contributed by atoms with Crippen LogP contribution in [-0.2, 0) is 16.1 Å². The number of amides is 1. The molecule has 0 aromatic carbocycles. The first-order valence-corrected chi connectivity index (χ1v) is 8.85. The minimum absolute atomic E-state index is 0.00992. The van der Waals surface area contributed by atoms with Gasteiger partial charge < -0.3 is 9.30 Å². The van der Waals surface area contributed by atoms with Gasteiger partial charge in [0, 0.05) is 17.1 Å². The third-order valence-corrected chi connectivity index (χ3v) is 6.64. The van der Waals surface area contributed by atoms with Crippen molar-refractivity contribution in [3.63, 3.8) is 0 Å². The summed E-state index contributed by atoms with van der Waals surface area (Å²) in [6, 6.07) is 0. The summed E-state index contributed by atoms with van der Waals surface area (Å²) < 4.78 is 19.3. The molecule has 23 heavy (non-hydrogen) atoms. The van der Waals surface area contributed by atoms with E-state index in [0.717, 1.165) is 10.6 Å². The number of carbonyl (C=O) groups excluding carboxylic acids is 1. The van der Waals surface area contributed by atoms with Crippen molar-refractivity contribution in [3.8, 4) is 0 Å². The fourth-order valence-corrected chi connectivity index (χ4v) is 4.24. The molecule has 0 saturated heterocycles. The molecule has 0 radical (unpaired) electrons. The van der Waals surface area contributed by atoms with Crippen LogP contribution in [0.25, 0.3) is 0 Å². The average Bonchev–Trinajstić information content (AvgIpc) is 2.71. The van der Waals surface area contributed by atoms with E-state index in [2.05, 4.69) is 32.7 Å². The van der Waals surface area contributed by atoms with E-state index in [1.807, 2.05) is 18.4 Å². The van der Waals surface area contributed by atoms with E-state index < -0.39 is 6.67 Å². The van der Waals surface area contributed by atoms with Crippen LogP contribution in [0.3, 0.4) is 0 Å². The summed E-state index contributed by atoms with van der Waals surface area (Å²) >= 11 is 1.52. The Labute approximate surface area is 141 Å². The lowest BCUT2D eigenvalue weighted by molar-refractivity contribution is -0.120. The van der Waals surface area contributed by atoms with Crippen molar-refractivity contribution in [3.05, 3.63) is 15.4 Å². The number of hydrogen-bond acceptors (Lipinski definition) is 3. The second kappa shape index (κ2) is 6.48. The molecule has 6 heteroatoms. The number of carbonyl (C=O) groups is 1. The smallest absolute Gasteiger partial charge is 0.252 e. The minimum atomic E-state index is -0.478. The highest BCUT2D eigenvalue weighted by Gasteiger charge is 2.68. The Hall–Kier alpha value is -1.01. The normalized spacial score (nSPS) is 20.0. The molecule has 0 aliphatic heterocycles. The summed E-state index contributed by atoms with van der Waals surface area (Å²) in [4.78, 5) is 18.9. The second-order valence-corrected chi connectivity index (χ2v) is 8.49. The minimum Gasteiger partial charge on any atom is -0.377 e. The zero-order valence-corrected chi connectivity index (χ0v) is 15.7. The van der Waals surface area contributed by atoms with Gasteiger partial charge in [-0.25, -0.2) is 4.39 Å². The highest BCUT2D eigenvalue weighted by molar-refractivity contribution is 7.09. The molecule has 0 bridgehead atoms. The van der Waals surface area contributed by atoms with Crippen LogP contribution in [0.2, 0.25) is 0 Å². The van der Waals surface area contributed by atoms with Gasteiger partial charge in [-0.05, 0) is 24.7 Å². The van der Waals surface area contributed by atoms with Gasteiger partial charge >= 0.3 is 0 Å². The molecule has 1 amide bonds. The number of aromatic nitrogens is 1. The van der Waals surface area contributed by atoms with Crippen molar-refractivity contribution < 1.29 is 13.9 Å². The molecule has 130 valence electrons. The molecule has 0 unspecified atom stereocenters. The van der Waals surface area contributed by atoms with E-state index >= 15 is 0 Å². The van der Waals surface area contributed by atoms with Gasteiger partial charge in [0.1, 0.15) is 6.67 Å². The number of hydrogen-bond donors (Lipinski definition) is 0. The van der Waals surface area contributed by atoms with Crippen LogP contribution >= 0.6 is 11.3 Å². The monoisotopic (exact) mass is 341 g/mol. The van der Waals surface area contributed by atoms with Crippen molar-refractivity contribution in [2.45, 2.75) is 48.1 Å². The molecule has 0 atom stereocenters. The number of rotatable bonds is 6. The molecule has 1 aromatic rings. The Kier molecular flexibility index (Phi) is 5.16. The molecule has 1 saturated carbocycles. The van der Waals surface area contributed by atoms with Crippen LogP contribution < -0.4 is 4.80 Å². The quantitative estimate of drug-likeness (QED) is 0.746. The summed E-state index contributed by atoms with van der Waals surface area (Å²) in [5.74, 6) is -0.0753. The highest BCUT2D eigenvalue weighted by Crippen LogP contribution is 2.68.